The number of aromatic nitrogens is 3. The van der Waals surface area contributed by atoms with E-state index in [1.807, 2.05) is 30.3 Å². The fourth-order valence-corrected chi connectivity index (χ4v) is 2.26. The van der Waals surface area contributed by atoms with Gasteiger partial charge < -0.3 is 10.6 Å². The molecule has 6 heteroatoms. The van der Waals surface area contributed by atoms with Crippen LogP contribution in [-0.2, 0) is 13.0 Å². The summed E-state index contributed by atoms with van der Waals surface area (Å²) in [5.41, 5.74) is 1.62. The summed E-state index contributed by atoms with van der Waals surface area (Å²) in [6, 6.07) is 14.4. The quantitative estimate of drug-likeness (QED) is 0.699. The highest BCUT2D eigenvalue weighted by Crippen LogP contribution is 2.11. The van der Waals surface area contributed by atoms with E-state index >= 15 is 0 Å². The average molecular weight is 323 g/mol. The molecule has 0 saturated carbocycles. The molecule has 3 aromatic rings. The van der Waals surface area contributed by atoms with Crippen LogP contribution >= 0.6 is 0 Å². The predicted octanol–water partition coefficient (Wildman–Crippen LogP) is 3.28. The first-order chi connectivity index (χ1) is 11.8. The number of rotatable bonds is 7. The summed E-state index contributed by atoms with van der Waals surface area (Å²) in [4.78, 5) is 12.6. The van der Waals surface area contributed by atoms with Gasteiger partial charge in [-0.2, -0.15) is 0 Å². The maximum absolute atomic E-state index is 13.6. The first-order valence-corrected chi connectivity index (χ1v) is 7.74. The van der Waals surface area contributed by atoms with Crippen molar-refractivity contribution in [3.63, 3.8) is 0 Å². The van der Waals surface area contributed by atoms with Gasteiger partial charge in [0.15, 0.2) is 0 Å². The molecular formula is C18H18FN5. The Kier molecular flexibility index (Phi) is 5.29. The first kappa shape index (κ1) is 15.9. The van der Waals surface area contributed by atoms with Crippen molar-refractivity contribution in [1.82, 2.24) is 15.0 Å². The van der Waals surface area contributed by atoms with Crippen LogP contribution in [-0.4, -0.2) is 21.5 Å². The molecule has 122 valence electrons. The number of pyridine rings is 1. The molecule has 0 spiro atoms. The fourth-order valence-electron chi connectivity index (χ4n) is 2.26. The standard InChI is InChI=1S/C18H18FN5/c19-16-7-2-1-5-14(16)8-10-21-17-11-18(24-13-23-17)22-12-15-6-3-4-9-20-15/h1-7,9,11,13H,8,10,12H2,(H2,21,22,23,24). The maximum Gasteiger partial charge on any atom is 0.131 e. The Morgan fingerprint density at radius 3 is 2.46 bits per heavy atom. The number of hydrogen-bond donors (Lipinski definition) is 2. The van der Waals surface area contributed by atoms with Gasteiger partial charge in [-0.05, 0) is 30.2 Å². The highest BCUT2D eigenvalue weighted by Gasteiger charge is 2.02. The zero-order valence-electron chi connectivity index (χ0n) is 13.1. The molecular weight excluding hydrogens is 305 g/mol. The minimum atomic E-state index is -0.181. The monoisotopic (exact) mass is 323 g/mol. The van der Waals surface area contributed by atoms with Gasteiger partial charge >= 0.3 is 0 Å². The number of nitrogens with one attached hydrogen (secondary N) is 2. The van der Waals surface area contributed by atoms with Gasteiger partial charge in [0.25, 0.3) is 0 Å². The third-order valence-corrected chi connectivity index (χ3v) is 3.50. The maximum atomic E-state index is 13.6. The Bertz CT molecular complexity index is 779. The SMILES string of the molecule is Fc1ccccc1CCNc1cc(NCc2ccccn2)ncn1. The Balaban J connectivity index is 1.52. The van der Waals surface area contributed by atoms with Crippen LogP contribution in [0.4, 0.5) is 16.0 Å². The lowest BCUT2D eigenvalue weighted by Crippen LogP contribution is -2.09. The van der Waals surface area contributed by atoms with Crippen molar-refractivity contribution in [3.8, 4) is 0 Å². The lowest BCUT2D eigenvalue weighted by molar-refractivity contribution is 0.610. The Hall–Kier alpha value is -3.02. The van der Waals surface area contributed by atoms with Crippen LogP contribution in [0.3, 0.4) is 0 Å². The summed E-state index contributed by atoms with van der Waals surface area (Å²) in [5.74, 6) is 1.23. The Labute approximate surface area is 140 Å². The molecule has 24 heavy (non-hydrogen) atoms. The number of hydrogen-bond acceptors (Lipinski definition) is 5. The smallest absolute Gasteiger partial charge is 0.131 e. The van der Waals surface area contributed by atoms with Gasteiger partial charge in [0.1, 0.15) is 23.8 Å². The zero-order chi connectivity index (χ0) is 16.6. The summed E-state index contributed by atoms with van der Waals surface area (Å²) in [5, 5.41) is 6.39. The van der Waals surface area contributed by atoms with Crippen LogP contribution in [0.1, 0.15) is 11.3 Å². The van der Waals surface area contributed by atoms with Crippen LogP contribution in [0.15, 0.2) is 61.1 Å². The van der Waals surface area contributed by atoms with Crippen LogP contribution in [0.25, 0.3) is 0 Å². The average Bonchev–Trinajstić information content (AvgIpc) is 2.63. The highest BCUT2D eigenvalue weighted by molar-refractivity contribution is 5.46. The molecule has 0 radical (unpaired) electrons. The number of anilines is 2. The summed E-state index contributed by atoms with van der Waals surface area (Å²) < 4.78 is 13.6. The van der Waals surface area contributed by atoms with E-state index in [1.165, 1.54) is 12.4 Å². The van der Waals surface area contributed by atoms with E-state index in [4.69, 9.17) is 0 Å². The first-order valence-electron chi connectivity index (χ1n) is 7.74. The molecule has 0 unspecified atom stereocenters. The molecule has 2 heterocycles. The predicted molar refractivity (Wildman–Crippen MR) is 92.2 cm³/mol. The molecule has 0 bridgehead atoms. The van der Waals surface area contributed by atoms with Gasteiger partial charge in [0, 0.05) is 18.8 Å². The van der Waals surface area contributed by atoms with Crippen LogP contribution in [0.5, 0.6) is 0 Å². The second-order valence-corrected chi connectivity index (χ2v) is 5.23. The van der Waals surface area contributed by atoms with Gasteiger partial charge in [-0.15, -0.1) is 0 Å². The zero-order valence-corrected chi connectivity index (χ0v) is 13.1. The van der Waals surface area contributed by atoms with Crippen molar-refractivity contribution in [2.75, 3.05) is 17.2 Å². The van der Waals surface area contributed by atoms with Crippen molar-refractivity contribution in [2.24, 2.45) is 0 Å². The summed E-state index contributed by atoms with van der Waals surface area (Å²) in [7, 11) is 0. The second kappa shape index (κ2) is 8.01. The highest BCUT2D eigenvalue weighted by atomic mass is 19.1. The third-order valence-electron chi connectivity index (χ3n) is 3.50. The normalized spacial score (nSPS) is 10.4. The van der Waals surface area contributed by atoms with Crippen molar-refractivity contribution in [1.29, 1.82) is 0 Å². The minimum absolute atomic E-state index is 0.181. The largest absolute Gasteiger partial charge is 0.370 e. The number of halogens is 1. The van der Waals surface area contributed by atoms with Crippen molar-refractivity contribution >= 4 is 11.6 Å². The molecule has 0 aliphatic carbocycles. The van der Waals surface area contributed by atoms with E-state index in [2.05, 4.69) is 25.6 Å². The van der Waals surface area contributed by atoms with E-state index in [9.17, 15) is 4.39 Å². The van der Waals surface area contributed by atoms with Gasteiger partial charge in [-0.25, -0.2) is 14.4 Å². The van der Waals surface area contributed by atoms with E-state index in [1.54, 1.807) is 18.3 Å². The lowest BCUT2D eigenvalue weighted by atomic mass is 10.1. The van der Waals surface area contributed by atoms with Crippen LogP contribution in [0.2, 0.25) is 0 Å². The number of nitrogens with zero attached hydrogens (tertiary/aromatic N) is 3. The molecule has 3 rings (SSSR count). The summed E-state index contributed by atoms with van der Waals surface area (Å²) >= 11 is 0. The summed E-state index contributed by atoms with van der Waals surface area (Å²) in [6.45, 7) is 1.18. The molecule has 0 amide bonds. The number of benzene rings is 1. The molecule has 0 saturated heterocycles. The van der Waals surface area contributed by atoms with Gasteiger partial charge in [0.2, 0.25) is 0 Å². The van der Waals surface area contributed by atoms with Gasteiger partial charge in [-0.3, -0.25) is 4.98 Å². The lowest BCUT2D eigenvalue weighted by Gasteiger charge is -2.09. The minimum Gasteiger partial charge on any atom is -0.370 e. The third kappa shape index (κ3) is 4.49. The summed E-state index contributed by atoms with van der Waals surface area (Å²) in [6.07, 6.45) is 3.84. The molecule has 1 aromatic carbocycles. The Morgan fingerprint density at radius 2 is 1.67 bits per heavy atom. The molecule has 2 aromatic heterocycles. The van der Waals surface area contributed by atoms with Gasteiger partial charge in [0.05, 0.1) is 12.2 Å². The van der Waals surface area contributed by atoms with E-state index in [0.29, 0.717) is 36.7 Å². The molecule has 0 aliphatic rings. The van der Waals surface area contributed by atoms with Crippen LogP contribution < -0.4 is 10.6 Å². The molecule has 5 nitrogen and oxygen atoms in total. The van der Waals surface area contributed by atoms with E-state index in [-0.39, 0.29) is 5.82 Å². The molecule has 0 aliphatic heterocycles. The van der Waals surface area contributed by atoms with Crippen molar-refractivity contribution in [3.05, 3.63) is 78.1 Å². The van der Waals surface area contributed by atoms with Crippen molar-refractivity contribution in [2.45, 2.75) is 13.0 Å². The molecule has 2 N–H and O–H groups in total. The fraction of sp³-hybridized carbons (Fsp3) is 0.167. The molecule has 0 fully saturated rings. The van der Waals surface area contributed by atoms with Crippen molar-refractivity contribution < 1.29 is 4.39 Å². The molecule has 0 atom stereocenters. The van der Waals surface area contributed by atoms with E-state index < -0.39 is 0 Å². The topological polar surface area (TPSA) is 62.7 Å². The van der Waals surface area contributed by atoms with E-state index in [0.717, 1.165) is 5.69 Å². The van der Waals surface area contributed by atoms with Crippen LogP contribution in [0, 0.1) is 5.82 Å². The van der Waals surface area contributed by atoms with Gasteiger partial charge in [-0.1, -0.05) is 24.3 Å². The second-order valence-electron chi connectivity index (χ2n) is 5.23. The Morgan fingerprint density at radius 1 is 0.875 bits per heavy atom.